The van der Waals surface area contributed by atoms with Gasteiger partial charge in [0.25, 0.3) is 0 Å². The monoisotopic (exact) mass is 169 g/mol. The predicted molar refractivity (Wildman–Crippen MR) is 48.9 cm³/mol. The van der Waals surface area contributed by atoms with Gasteiger partial charge in [-0.15, -0.1) is 0 Å². The molecule has 0 aliphatic carbocycles. The Morgan fingerprint density at radius 1 is 1.45 bits per heavy atom. The molecule has 1 rings (SSSR count). The summed E-state index contributed by atoms with van der Waals surface area (Å²) in [4.78, 5) is 0. The van der Waals surface area contributed by atoms with Crippen molar-refractivity contribution in [1.82, 2.24) is 0 Å². The van der Waals surface area contributed by atoms with E-state index >= 15 is 0 Å². The fraction of sp³-hybridized carbons (Fsp3) is 0.333. The highest BCUT2D eigenvalue weighted by Crippen LogP contribution is 2.17. The van der Waals surface area contributed by atoms with Gasteiger partial charge in [-0.3, -0.25) is 0 Å². The lowest BCUT2D eigenvalue weighted by Crippen LogP contribution is -2.03. The molecule has 0 aliphatic heterocycles. The molecule has 0 bridgehead atoms. The highest BCUT2D eigenvalue weighted by molar-refractivity contribution is 6.31. The van der Waals surface area contributed by atoms with E-state index in [1.165, 1.54) is 5.56 Å². The van der Waals surface area contributed by atoms with Crippen molar-refractivity contribution in [2.75, 3.05) is 6.54 Å². The van der Waals surface area contributed by atoms with Crippen molar-refractivity contribution in [3.05, 3.63) is 34.3 Å². The number of benzene rings is 1. The minimum absolute atomic E-state index is 0.656. The van der Waals surface area contributed by atoms with Gasteiger partial charge in [-0.25, -0.2) is 0 Å². The normalized spacial score (nSPS) is 10.1. The fourth-order valence-corrected chi connectivity index (χ4v) is 1.26. The van der Waals surface area contributed by atoms with E-state index in [4.69, 9.17) is 17.3 Å². The summed E-state index contributed by atoms with van der Waals surface area (Å²) in [6, 6.07) is 6.00. The number of halogens is 1. The molecule has 2 N–H and O–H groups in total. The van der Waals surface area contributed by atoms with Crippen LogP contribution in [-0.4, -0.2) is 6.54 Å². The quantitative estimate of drug-likeness (QED) is 0.722. The second-order valence-corrected chi connectivity index (χ2v) is 3.04. The summed E-state index contributed by atoms with van der Waals surface area (Å²) >= 11 is 5.92. The summed E-state index contributed by atoms with van der Waals surface area (Å²) in [7, 11) is 0. The largest absolute Gasteiger partial charge is 0.330 e. The Labute approximate surface area is 72.2 Å². The van der Waals surface area contributed by atoms with Crippen LogP contribution in [0, 0.1) is 6.92 Å². The zero-order valence-electron chi connectivity index (χ0n) is 6.60. The van der Waals surface area contributed by atoms with Gasteiger partial charge in [-0.05, 0) is 31.5 Å². The minimum atomic E-state index is 0.656. The SMILES string of the molecule is Cc1ccc(Cl)c(CCN)c1. The summed E-state index contributed by atoms with van der Waals surface area (Å²) in [5.74, 6) is 0. The molecule has 1 aromatic rings. The first-order valence-corrected chi connectivity index (χ1v) is 4.07. The van der Waals surface area contributed by atoms with Crippen LogP contribution in [0.25, 0.3) is 0 Å². The van der Waals surface area contributed by atoms with Crippen LogP contribution in [0.1, 0.15) is 11.1 Å². The van der Waals surface area contributed by atoms with Crippen LogP contribution in [0.2, 0.25) is 5.02 Å². The van der Waals surface area contributed by atoms with Gasteiger partial charge >= 0.3 is 0 Å². The molecule has 0 unspecified atom stereocenters. The number of hydrogen-bond donors (Lipinski definition) is 1. The van der Waals surface area contributed by atoms with Crippen LogP contribution < -0.4 is 5.73 Å². The maximum Gasteiger partial charge on any atom is 0.0438 e. The smallest absolute Gasteiger partial charge is 0.0438 e. The third-order valence-electron chi connectivity index (χ3n) is 1.61. The zero-order chi connectivity index (χ0) is 8.27. The summed E-state index contributed by atoms with van der Waals surface area (Å²) in [5.41, 5.74) is 7.80. The Morgan fingerprint density at radius 3 is 2.82 bits per heavy atom. The van der Waals surface area contributed by atoms with Crippen molar-refractivity contribution in [3.8, 4) is 0 Å². The molecule has 2 heteroatoms. The number of aryl methyl sites for hydroxylation is 1. The van der Waals surface area contributed by atoms with E-state index < -0.39 is 0 Å². The van der Waals surface area contributed by atoms with Crippen LogP contribution in [0.3, 0.4) is 0 Å². The fourth-order valence-electron chi connectivity index (χ4n) is 1.05. The van der Waals surface area contributed by atoms with Crippen LogP contribution in [-0.2, 0) is 6.42 Å². The molecular formula is C9H12ClN. The van der Waals surface area contributed by atoms with Gasteiger partial charge in [0, 0.05) is 5.02 Å². The first-order valence-electron chi connectivity index (χ1n) is 3.69. The molecule has 0 fully saturated rings. The lowest BCUT2D eigenvalue weighted by atomic mass is 10.1. The molecule has 0 heterocycles. The molecule has 0 atom stereocenters. The van der Waals surface area contributed by atoms with E-state index in [1.54, 1.807) is 0 Å². The average molecular weight is 170 g/mol. The number of rotatable bonds is 2. The second kappa shape index (κ2) is 3.74. The van der Waals surface area contributed by atoms with Crippen molar-refractivity contribution in [1.29, 1.82) is 0 Å². The molecule has 1 nitrogen and oxygen atoms in total. The lowest BCUT2D eigenvalue weighted by Gasteiger charge is -2.02. The van der Waals surface area contributed by atoms with E-state index in [-0.39, 0.29) is 0 Å². The minimum Gasteiger partial charge on any atom is -0.330 e. The van der Waals surface area contributed by atoms with E-state index in [2.05, 4.69) is 13.0 Å². The van der Waals surface area contributed by atoms with Crippen LogP contribution >= 0.6 is 11.6 Å². The summed E-state index contributed by atoms with van der Waals surface area (Å²) in [6.45, 7) is 2.71. The van der Waals surface area contributed by atoms with Crippen molar-refractivity contribution in [2.45, 2.75) is 13.3 Å². The van der Waals surface area contributed by atoms with Gasteiger partial charge in [0.2, 0.25) is 0 Å². The Balaban J connectivity index is 2.93. The molecule has 0 aromatic heterocycles. The van der Waals surface area contributed by atoms with E-state index in [0.29, 0.717) is 6.54 Å². The topological polar surface area (TPSA) is 26.0 Å². The van der Waals surface area contributed by atoms with E-state index in [0.717, 1.165) is 17.0 Å². The molecule has 0 saturated carbocycles. The highest BCUT2D eigenvalue weighted by Gasteiger charge is 1.97. The molecule has 0 amide bonds. The van der Waals surface area contributed by atoms with E-state index in [9.17, 15) is 0 Å². The number of hydrogen-bond acceptors (Lipinski definition) is 1. The molecule has 0 aliphatic rings. The molecular weight excluding hydrogens is 158 g/mol. The van der Waals surface area contributed by atoms with Crippen molar-refractivity contribution >= 4 is 11.6 Å². The van der Waals surface area contributed by atoms with Gasteiger partial charge in [0.05, 0.1) is 0 Å². The zero-order valence-corrected chi connectivity index (χ0v) is 7.36. The maximum absolute atomic E-state index is 5.92. The Hall–Kier alpha value is -0.530. The van der Waals surface area contributed by atoms with Gasteiger partial charge in [0.15, 0.2) is 0 Å². The Morgan fingerprint density at radius 2 is 2.18 bits per heavy atom. The third kappa shape index (κ3) is 2.21. The van der Waals surface area contributed by atoms with Crippen LogP contribution in [0.5, 0.6) is 0 Å². The second-order valence-electron chi connectivity index (χ2n) is 2.63. The average Bonchev–Trinajstić information content (AvgIpc) is 1.98. The molecule has 0 spiro atoms. The molecule has 0 radical (unpaired) electrons. The summed E-state index contributed by atoms with van der Waals surface area (Å²) in [6.07, 6.45) is 0.862. The summed E-state index contributed by atoms with van der Waals surface area (Å²) < 4.78 is 0. The maximum atomic E-state index is 5.92. The molecule has 60 valence electrons. The van der Waals surface area contributed by atoms with Crippen LogP contribution in [0.15, 0.2) is 18.2 Å². The van der Waals surface area contributed by atoms with Gasteiger partial charge in [-0.2, -0.15) is 0 Å². The Kier molecular flexibility index (Phi) is 2.92. The third-order valence-corrected chi connectivity index (χ3v) is 1.98. The first kappa shape index (κ1) is 8.57. The van der Waals surface area contributed by atoms with E-state index in [1.807, 2.05) is 12.1 Å². The summed E-state index contributed by atoms with van der Waals surface area (Å²) in [5, 5.41) is 0.820. The molecule has 0 saturated heterocycles. The van der Waals surface area contributed by atoms with Crippen molar-refractivity contribution < 1.29 is 0 Å². The van der Waals surface area contributed by atoms with Gasteiger partial charge < -0.3 is 5.73 Å². The van der Waals surface area contributed by atoms with Gasteiger partial charge in [0.1, 0.15) is 0 Å². The number of nitrogens with two attached hydrogens (primary N) is 1. The Bertz CT molecular complexity index is 245. The lowest BCUT2D eigenvalue weighted by molar-refractivity contribution is 0.967. The first-order chi connectivity index (χ1) is 5.24. The van der Waals surface area contributed by atoms with Crippen LogP contribution in [0.4, 0.5) is 0 Å². The van der Waals surface area contributed by atoms with Gasteiger partial charge in [-0.1, -0.05) is 29.3 Å². The van der Waals surface area contributed by atoms with Crippen molar-refractivity contribution in [3.63, 3.8) is 0 Å². The predicted octanol–water partition coefficient (Wildman–Crippen LogP) is 2.15. The standard InChI is InChI=1S/C9H12ClN/c1-7-2-3-9(10)8(6-7)4-5-11/h2-3,6H,4-5,11H2,1H3. The highest BCUT2D eigenvalue weighted by atomic mass is 35.5. The molecule has 11 heavy (non-hydrogen) atoms. The van der Waals surface area contributed by atoms with Crippen molar-refractivity contribution in [2.24, 2.45) is 5.73 Å². The molecule has 1 aromatic carbocycles.